The van der Waals surface area contributed by atoms with Gasteiger partial charge in [-0.2, -0.15) is 0 Å². The van der Waals surface area contributed by atoms with E-state index < -0.39 is 0 Å². The van der Waals surface area contributed by atoms with Crippen LogP contribution in [0.1, 0.15) is 35.2 Å². The molecule has 0 spiro atoms. The molecule has 1 N–H and O–H groups in total. The van der Waals surface area contributed by atoms with E-state index in [2.05, 4.69) is 15.2 Å². The van der Waals surface area contributed by atoms with Crippen LogP contribution in [0.25, 0.3) is 11.3 Å². The van der Waals surface area contributed by atoms with Gasteiger partial charge in [0.05, 0.1) is 19.9 Å². The van der Waals surface area contributed by atoms with Crippen molar-refractivity contribution in [2.45, 2.75) is 25.8 Å². The second-order valence-corrected chi connectivity index (χ2v) is 7.73. The van der Waals surface area contributed by atoms with Gasteiger partial charge in [-0.05, 0) is 49.6 Å². The van der Waals surface area contributed by atoms with Gasteiger partial charge in [0.25, 0.3) is 5.91 Å². The Balaban J connectivity index is 1.42. The number of rotatable bonds is 7. The first-order valence-electron chi connectivity index (χ1n) is 10.9. The minimum atomic E-state index is -0.147. The van der Waals surface area contributed by atoms with Gasteiger partial charge in [0, 0.05) is 48.6 Å². The van der Waals surface area contributed by atoms with Crippen molar-refractivity contribution in [1.29, 1.82) is 0 Å². The van der Waals surface area contributed by atoms with Gasteiger partial charge in [0.2, 0.25) is 5.95 Å². The van der Waals surface area contributed by atoms with Crippen molar-refractivity contribution in [3.63, 3.8) is 0 Å². The number of amides is 1. The molecule has 0 radical (unpaired) electrons. The van der Waals surface area contributed by atoms with Gasteiger partial charge >= 0.3 is 0 Å². The third-order valence-corrected chi connectivity index (χ3v) is 5.66. The summed E-state index contributed by atoms with van der Waals surface area (Å²) in [6, 6.07) is 14.9. The topological polar surface area (TPSA) is 76.6 Å². The Bertz CT molecular complexity index is 1060. The number of aromatic nitrogens is 2. The molecule has 3 aromatic rings. The number of methoxy groups -OCH3 is 2. The van der Waals surface area contributed by atoms with Gasteiger partial charge in [-0.3, -0.25) is 4.79 Å². The third-order valence-electron chi connectivity index (χ3n) is 5.66. The van der Waals surface area contributed by atoms with Crippen LogP contribution in [0.3, 0.4) is 0 Å². The molecular weight excluding hydrogens is 404 g/mol. The molecule has 1 saturated heterocycles. The Kier molecular flexibility index (Phi) is 6.84. The fraction of sp³-hybridized carbons (Fsp3) is 0.320. The quantitative estimate of drug-likeness (QED) is 0.606. The number of carbonyl (C=O) groups excluding carboxylic acids is 1. The zero-order valence-corrected chi connectivity index (χ0v) is 18.5. The molecule has 32 heavy (non-hydrogen) atoms. The van der Waals surface area contributed by atoms with E-state index in [-0.39, 0.29) is 5.91 Å². The summed E-state index contributed by atoms with van der Waals surface area (Å²) in [6.45, 7) is 2.36. The summed E-state index contributed by atoms with van der Waals surface area (Å²) in [5, 5.41) is 2.95. The lowest BCUT2D eigenvalue weighted by molar-refractivity contribution is 0.0950. The van der Waals surface area contributed by atoms with E-state index in [1.54, 1.807) is 26.5 Å². The van der Waals surface area contributed by atoms with Gasteiger partial charge in [-0.1, -0.05) is 12.1 Å². The normalized spacial score (nSPS) is 13.5. The van der Waals surface area contributed by atoms with E-state index >= 15 is 0 Å². The van der Waals surface area contributed by atoms with Gasteiger partial charge in [-0.15, -0.1) is 0 Å². The van der Waals surface area contributed by atoms with Crippen LogP contribution in [0.5, 0.6) is 11.5 Å². The average molecular weight is 433 g/mol. The van der Waals surface area contributed by atoms with Crippen LogP contribution < -0.4 is 19.7 Å². The first-order chi connectivity index (χ1) is 15.7. The van der Waals surface area contributed by atoms with Crippen molar-refractivity contribution in [1.82, 2.24) is 15.3 Å². The molecule has 2 aromatic carbocycles. The molecule has 7 heteroatoms. The van der Waals surface area contributed by atoms with Crippen LogP contribution in [-0.4, -0.2) is 43.2 Å². The fourth-order valence-corrected chi connectivity index (χ4v) is 3.82. The molecule has 0 atom stereocenters. The lowest BCUT2D eigenvalue weighted by atomic mass is 10.1. The maximum atomic E-state index is 12.6. The first kappa shape index (κ1) is 21.6. The zero-order valence-electron chi connectivity index (χ0n) is 18.5. The Hall–Kier alpha value is -3.61. The Labute approximate surface area is 188 Å². The van der Waals surface area contributed by atoms with E-state index in [0.717, 1.165) is 35.9 Å². The predicted molar refractivity (Wildman–Crippen MR) is 124 cm³/mol. The molecule has 0 bridgehead atoms. The highest BCUT2D eigenvalue weighted by Crippen LogP contribution is 2.25. The summed E-state index contributed by atoms with van der Waals surface area (Å²) in [7, 11) is 3.21. The highest BCUT2D eigenvalue weighted by Gasteiger charge is 2.14. The van der Waals surface area contributed by atoms with Crippen LogP contribution >= 0.6 is 0 Å². The van der Waals surface area contributed by atoms with E-state index in [4.69, 9.17) is 14.5 Å². The number of benzene rings is 2. The van der Waals surface area contributed by atoms with Crippen molar-refractivity contribution in [2.75, 3.05) is 32.2 Å². The summed E-state index contributed by atoms with van der Waals surface area (Å²) in [5.74, 6) is 2.01. The van der Waals surface area contributed by atoms with Crippen LogP contribution in [0.4, 0.5) is 5.95 Å². The molecule has 166 valence electrons. The van der Waals surface area contributed by atoms with E-state index in [1.165, 1.54) is 19.3 Å². The number of hydrogen-bond acceptors (Lipinski definition) is 6. The third kappa shape index (κ3) is 4.99. The van der Waals surface area contributed by atoms with E-state index in [0.29, 0.717) is 23.6 Å². The van der Waals surface area contributed by atoms with Gasteiger partial charge in [0.15, 0.2) is 0 Å². The fourth-order valence-electron chi connectivity index (χ4n) is 3.82. The summed E-state index contributed by atoms with van der Waals surface area (Å²) >= 11 is 0. The minimum Gasteiger partial charge on any atom is -0.497 e. The number of carbonyl (C=O) groups is 1. The number of nitrogens with zero attached hydrogens (tertiary/aromatic N) is 3. The molecular formula is C25H28N4O3. The molecule has 1 amide bonds. The van der Waals surface area contributed by atoms with E-state index in [9.17, 15) is 4.79 Å². The van der Waals surface area contributed by atoms with Crippen molar-refractivity contribution in [3.05, 3.63) is 65.9 Å². The Morgan fingerprint density at radius 1 is 1.00 bits per heavy atom. The number of piperidine rings is 1. The Morgan fingerprint density at radius 3 is 2.50 bits per heavy atom. The molecule has 0 aliphatic carbocycles. The summed E-state index contributed by atoms with van der Waals surface area (Å²) in [4.78, 5) is 24.1. The molecule has 7 nitrogen and oxygen atoms in total. The Morgan fingerprint density at radius 2 is 1.78 bits per heavy atom. The standard InChI is InChI=1S/C25H28N4O3/c1-31-21-11-10-20(23(16-21)32-2)17-27-24(30)19-8-6-18(7-9-19)22-12-13-26-25(28-22)29-14-4-3-5-15-29/h6-13,16H,3-5,14-15,17H2,1-2H3,(H,27,30). The molecule has 1 aliphatic heterocycles. The van der Waals surface area contributed by atoms with Gasteiger partial charge in [0.1, 0.15) is 11.5 Å². The van der Waals surface area contributed by atoms with Gasteiger partial charge < -0.3 is 19.7 Å². The smallest absolute Gasteiger partial charge is 0.251 e. The van der Waals surface area contributed by atoms with Crippen LogP contribution in [0.15, 0.2) is 54.7 Å². The maximum absolute atomic E-state index is 12.6. The molecule has 1 fully saturated rings. The summed E-state index contributed by atoms with van der Waals surface area (Å²) in [5.41, 5.74) is 3.28. The maximum Gasteiger partial charge on any atom is 0.251 e. The summed E-state index contributed by atoms with van der Waals surface area (Å²) < 4.78 is 10.6. The molecule has 0 saturated carbocycles. The molecule has 1 aromatic heterocycles. The van der Waals surface area contributed by atoms with Crippen LogP contribution in [0, 0.1) is 0 Å². The van der Waals surface area contributed by atoms with Crippen LogP contribution in [0.2, 0.25) is 0 Å². The average Bonchev–Trinajstić information content (AvgIpc) is 2.87. The SMILES string of the molecule is COc1ccc(CNC(=O)c2ccc(-c3ccnc(N4CCCCC4)n3)cc2)c(OC)c1. The molecule has 2 heterocycles. The van der Waals surface area contributed by atoms with Crippen molar-refractivity contribution >= 4 is 11.9 Å². The number of nitrogens with one attached hydrogen (secondary N) is 1. The van der Waals surface area contributed by atoms with Crippen molar-refractivity contribution in [3.8, 4) is 22.8 Å². The lowest BCUT2D eigenvalue weighted by Gasteiger charge is -2.26. The predicted octanol–water partition coefficient (Wildman–Crippen LogP) is 4.08. The summed E-state index contributed by atoms with van der Waals surface area (Å²) in [6.07, 6.45) is 5.43. The minimum absolute atomic E-state index is 0.147. The number of anilines is 1. The molecule has 4 rings (SSSR count). The van der Waals surface area contributed by atoms with Gasteiger partial charge in [-0.25, -0.2) is 9.97 Å². The second-order valence-electron chi connectivity index (χ2n) is 7.73. The molecule has 0 unspecified atom stereocenters. The largest absolute Gasteiger partial charge is 0.497 e. The highest BCUT2D eigenvalue weighted by molar-refractivity contribution is 5.94. The monoisotopic (exact) mass is 432 g/mol. The van der Waals surface area contributed by atoms with Crippen LogP contribution in [-0.2, 0) is 6.54 Å². The number of ether oxygens (including phenoxy) is 2. The first-order valence-corrected chi connectivity index (χ1v) is 10.9. The van der Waals surface area contributed by atoms with Crippen molar-refractivity contribution < 1.29 is 14.3 Å². The van der Waals surface area contributed by atoms with E-state index in [1.807, 2.05) is 42.5 Å². The lowest BCUT2D eigenvalue weighted by Crippen LogP contribution is -2.30. The molecule has 1 aliphatic rings. The highest BCUT2D eigenvalue weighted by atomic mass is 16.5. The zero-order chi connectivity index (χ0) is 22.3. The second kappa shape index (κ2) is 10.1. The number of hydrogen-bond donors (Lipinski definition) is 1. The van der Waals surface area contributed by atoms with Crippen molar-refractivity contribution in [2.24, 2.45) is 0 Å².